The van der Waals surface area contributed by atoms with Gasteiger partial charge in [-0.05, 0) is 64.4 Å². The van der Waals surface area contributed by atoms with Gasteiger partial charge in [0.25, 0.3) is 5.91 Å². The number of likely N-dealkylation sites (tertiary alicyclic amines) is 1. The minimum Gasteiger partial charge on any atom is -0.493 e. The Hall–Kier alpha value is -2.28. The highest BCUT2D eigenvalue weighted by Crippen LogP contribution is 2.28. The van der Waals surface area contributed by atoms with E-state index in [9.17, 15) is 9.59 Å². The van der Waals surface area contributed by atoms with Crippen LogP contribution in [0.5, 0.6) is 11.5 Å². The van der Waals surface area contributed by atoms with E-state index in [-0.39, 0.29) is 23.8 Å². The summed E-state index contributed by atoms with van der Waals surface area (Å²) in [5, 5.41) is 2.93. The molecule has 1 aliphatic rings. The second kappa shape index (κ2) is 10.2. The molecule has 7 heteroatoms. The number of nitrogens with one attached hydrogen (secondary N) is 1. The SMILES string of the molecule is COc1cc(C(=O)NCCCN2CCCC(C(N)=O)C2)ccc1OC(C)C. The number of nitrogens with two attached hydrogens (primary N) is 1. The summed E-state index contributed by atoms with van der Waals surface area (Å²) in [5.74, 6) is 0.762. The molecule has 0 spiro atoms. The first kappa shape index (κ1) is 21.0. The van der Waals surface area contributed by atoms with Crippen molar-refractivity contribution in [3.8, 4) is 11.5 Å². The van der Waals surface area contributed by atoms with E-state index in [0.717, 1.165) is 38.9 Å². The first-order valence-electron chi connectivity index (χ1n) is 9.55. The van der Waals surface area contributed by atoms with E-state index in [0.29, 0.717) is 23.6 Å². The molecule has 1 heterocycles. The number of methoxy groups -OCH3 is 1. The van der Waals surface area contributed by atoms with Crippen LogP contribution in [0.3, 0.4) is 0 Å². The van der Waals surface area contributed by atoms with Crippen molar-refractivity contribution in [1.29, 1.82) is 0 Å². The third kappa shape index (κ3) is 6.43. The Morgan fingerprint density at radius 1 is 1.33 bits per heavy atom. The Bertz CT molecular complexity index is 648. The number of rotatable bonds is 9. The molecule has 0 aliphatic carbocycles. The van der Waals surface area contributed by atoms with Gasteiger partial charge in [0.2, 0.25) is 5.91 Å². The highest BCUT2D eigenvalue weighted by atomic mass is 16.5. The highest BCUT2D eigenvalue weighted by molar-refractivity contribution is 5.94. The Morgan fingerprint density at radius 2 is 2.11 bits per heavy atom. The lowest BCUT2D eigenvalue weighted by atomic mass is 9.97. The number of nitrogens with zero attached hydrogens (tertiary/aromatic N) is 1. The largest absolute Gasteiger partial charge is 0.493 e. The number of carbonyl (C=O) groups excluding carboxylic acids is 2. The van der Waals surface area contributed by atoms with Crippen molar-refractivity contribution in [3.63, 3.8) is 0 Å². The lowest BCUT2D eigenvalue weighted by Crippen LogP contribution is -2.42. The third-order valence-electron chi connectivity index (χ3n) is 4.63. The smallest absolute Gasteiger partial charge is 0.251 e. The van der Waals surface area contributed by atoms with Gasteiger partial charge in [-0.1, -0.05) is 0 Å². The van der Waals surface area contributed by atoms with E-state index >= 15 is 0 Å². The summed E-state index contributed by atoms with van der Waals surface area (Å²) in [5.41, 5.74) is 5.94. The van der Waals surface area contributed by atoms with Gasteiger partial charge in [-0.2, -0.15) is 0 Å². The molecule has 1 fully saturated rings. The fourth-order valence-electron chi connectivity index (χ4n) is 3.26. The number of benzene rings is 1. The topological polar surface area (TPSA) is 93.9 Å². The quantitative estimate of drug-likeness (QED) is 0.640. The monoisotopic (exact) mass is 377 g/mol. The zero-order valence-electron chi connectivity index (χ0n) is 16.5. The zero-order valence-corrected chi connectivity index (χ0v) is 16.5. The van der Waals surface area contributed by atoms with Crippen LogP contribution in [0.25, 0.3) is 0 Å². The molecule has 0 radical (unpaired) electrons. The van der Waals surface area contributed by atoms with Crippen LogP contribution in [-0.4, -0.2) is 56.1 Å². The first-order valence-corrected chi connectivity index (χ1v) is 9.55. The summed E-state index contributed by atoms with van der Waals surface area (Å²) < 4.78 is 11.0. The van der Waals surface area contributed by atoms with Gasteiger partial charge < -0.3 is 25.4 Å². The van der Waals surface area contributed by atoms with E-state index in [2.05, 4.69) is 10.2 Å². The Labute approximate surface area is 161 Å². The molecule has 2 rings (SSSR count). The number of amides is 2. The minimum atomic E-state index is -0.216. The second-order valence-electron chi connectivity index (χ2n) is 7.18. The van der Waals surface area contributed by atoms with Gasteiger partial charge >= 0.3 is 0 Å². The number of piperidine rings is 1. The summed E-state index contributed by atoms with van der Waals surface area (Å²) in [6.45, 7) is 6.99. The maximum atomic E-state index is 12.4. The third-order valence-corrected chi connectivity index (χ3v) is 4.63. The molecule has 1 saturated heterocycles. The molecule has 0 bridgehead atoms. The lowest BCUT2D eigenvalue weighted by Gasteiger charge is -2.31. The van der Waals surface area contributed by atoms with Crippen molar-refractivity contribution in [2.75, 3.05) is 33.3 Å². The Kier molecular flexibility index (Phi) is 7.91. The van der Waals surface area contributed by atoms with Crippen LogP contribution in [0.2, 0.25) is 0 Å². The van der Waals surface area contributed by atoms with E-state index in [1.165, 1.54) is 0 Å². The summed E-state index contributed by atoms with van der Waals surface area (Å²) >= 11 is 0. The Morgan fingerprint density at radius 3 is 2.78 bits per heavy atom. The number of hydrogen-bond donors (Lipinski definition) is 2. The standard InChI is InChI=1S/C20H31N3O4/c1-14(2)27-17-8-7-15(12-18(17)26-3)20(25)22-9-5-11-23-10-4-6-16(13-23)19(21)24/h7-8,12,14,16H,4-6,9-11,13H2,1-3H3,(H2,21,24)(H,22,25). The average molecular weight is 377 g/mol. The normalized spacial score (nSPS) is 17.6. The minimum absolute atomic E-state index is 0.0301. The van der Waals surface area contributed by atoms with Crippen LogP contribution in [0.1, 0.15) is 43.5 Å². The van der Waals surface area contributed by atoms with Crippen molar-refractivity contribution in [1.82, 2.24) is 10.2 Å². The number of carbonyl (C=O) groups is 2. The van der Waals surface area contributed by atoms with E-state index in [4.69, 9.17) is 15.2 Å². The molecule has 1 aromatic carbocycles. The molecule has 1 unspecified atom stereocenters. The zero-order chi connectivity index (χ0) is 19.8. The van der Waals surface area contributed by atoms with Crippen molar-refractivity contribution in [3.05, 3.63) is 23.8 Å². The molecule has 1 atom stereocenters. The van der Waals surface area contributed by atoms with Crippen LogP contribution in [0.15, 0.2) is 18.2 Å². The Balaban J connectivity index is 1.79. The van der Waals surface area contributed by atoms with Gasteiger partial charge in [0.15, 0.2) is 11.5 Å². The molecule has 27 heavy (non-hydrogen) atoms. The van der Waals surface area contributed by atoms with Crippen molar-refractivity contribution < 1.29 is 19.1 Å². The fourth-order valence-corrected chi connectivity index (χ4v) is 3.26. The summed E-state index contributed by atoms with van der Waals surface area (Å²) in [7, 11) is 1.56. The van der Waals surface area contributed by atoms with Crippen LogP contribution in [0, 0.1) is 5.92 Å². The van der Waals surface area contributed by atoms with Crippen molar-refractivity contribution in [2.45, 2.75) is 39.2 Å². The molecule has 7 nitrogen and oxygen atoms in total. The van der Waals surface area contributed by atoms with Crippen LogP contribution in [0.4, 0.5) is 0 Å². The van der Waals surface area contributed by atoms with Gasteiger partial charge in [-0.3, -0.25) is 9.59 Å². The summed E-state index contributed by atoms with van der Waals surface area (Å²) in [6.07, 6.45) is 2.72. The van der Waals surface area contributed by atoms with Crippen LogP contribution in [-0.2, 0) is 4.79 Å². The predicted octanol–water partition coefficient (Wildman–Crippen LogP) is 1.80. The predicted molar refractivity (Wildman–Crippen MR) is 104 cm³/mol. The summed E-state index contributed by atoms with van der Waals surface area (Å²) in [6, 6.07) is 5.18. The number of hydrogen-bond acceptors (Lipinski definition) is 5. The average Bonchev–Trinajstić information content (AvgIpc) is 2.65. The molecular weight excluding hydrogens is 346 g/mol. The number of primary amides is 1. The van der Waals surface area contributed by atoms with E-state index in [1.54, 1.807) is 25.3 Å². The maximum Gasteiger partial charge on any atom is 0.251 e. The lowest BCUT2D eigenvalue weighted by molar-refractivity contribution is -0.123. The molecule has 1 aromatic rings. The fraction of sp³-hybridized carbons (Fsp3) is 0.600. The first-order chi connectivity index (χ1) is 12.9. The van der Waals surface area contributed by atoms with Gasteiger partial charge in [-0.15, -0.1) is 0 Å². The highest BCUT2D eigenvalue weighted by Gasteiger charge is 2.23. The van der Waals surface area contributed by atoms with E-state index in [1.807, 2.05) is 13.8 Å². The molecule has 2 amide bonds. The van der Waals surface area contributed by atoms with Gasteiger partial charge in [0.1, 0.15) is 0 Å². The van der Waals surface area contributed by atoms with Crippen LogP contribution >= 0.6 is 0 Å². The number of ether oxygens (including phenoxy) is 2. The molecule has 3 N–H and O–H groups in total. The molecule has 1 aliphatic heterocycles. The van der Waals surface area contributed by atoms with Gasteiger partial charge in [0, 0.05) is 18.7 Å². The van der Waals surface area contributed by atoms with Crippen molar-refractivity contribution in [2.24, 2.45) is 11.7 Å². The maximum absolute atomic E-state index is 12.4. The molecule has 0 aromatic heterocycles. The van der Waals surface area contributed by atoms with Crippen molar-refractivity contribution >= 4 is 11.8 Å². The van der Waals surface area contributed by atoms with Gasteiger partial charge in [-0.25, -0.2) is 0 Å². The summed E-state index contributed by atoms with van der Waals surface area (Å²) in [4.78, 5) is 25.9. The molecular formula is C20H31N3O4. The van der Waals surface area contributed by atoms with Gasteiger partial charge in [0.05, 0.1) is 19.1 Å². The van der Waals surface area contributed by atoms with E-state index < -0.39 is 0 Å². The molecule has 150 valence electrons. The van der Waals surface area contributed by atoms with Crippen LogP contribution < -0.4 is 20.5 Å². The molecule has 0 saturated carbocycles. The second-order valence-corrected chi connectivity index (χ2v) is 7.18.